The van der Waals surface area contributed by atoms with E-state index in [2.05, 4.69) is 9.89 Å². The third kappa shape index (κ3) is 3.60. The summed E-state index contributed by atoms with van der Waals surface area (Å²) in [4.78, 5) is 31.5. The molecule has 0 bridgehead atoms. The zero-order valence-corrected chi connectivity index (χ0v) is 19.4. The van der Waals surface area contributed by atoms with Crippen molar-refractivity contribution in [2.24, 2.45) is 10.9 Å². The fourth-order valence-electron chi connectivity index (χ4n) is 3.16. The maximum absolute atomic E-state index is 12.1. The smallest absolute Gasteiger partial charge is 0.543 e. The standard InChI is InChI=1S/C14H17N3O4S3.K/c1-6(18)8-10(19)17-9(12(20)21)13(24-11(8)17)23-7-4-16(5-7)14-15-2-3-22-14;/h6-8,11,18H,2-5H2,1H3,(H,20,21);/q;+1/p-1/t6-,8-,11+;/m1./s1. The molecular formula is C14H16KN3O4S3. The SMILES string of the molecule is C[C@@H](O)[C@@H]1C(=O)N2C(C(=O)[O-])=C(SC3CN(C4=NCCS4)C3)S[C@@H]12.[K+]. The van der Waals surface area contributed by atoms with Crippen molar-refractivity contribution < 1.29 is 71.2 Å². The van der Waals surface area contributed by atoms with E-state index in [-0.39, 0.29) is 73.6 Å². The third-order valence-electron chi connectivity index (χ3n) is 4.42. The van der Waals surface area contributed by atoms with Gasteiger partial charge in [0.1, 0.15) is 5.37 Å². The molecule has 11 heteroatoms. The fraction of sp³-hybridized carbons (Fsp3) is 0.643. The summed E-state index contributed by atoms with van der Waals surface area (Å²) in [6.07, 6.45) is -0.782. The van der Waals surface area contributed by atoms with Crippen LogP contribution in [0.25, 0.3) is 0 Å². The van der Waals surface area contributed by atoms with E-state index in [1.54, 1.807) is 18.7 Å². The van der Waals surface area contributed by atoms with Crippen molar-refractivity contribution in [3.05, 3.63) is 9.93 Å². The first-order valence-corrected chi connectivity index (χ1v) is 10.4. The Morgan fingerprint density at radius 2 is 2.20 bits per heavy atom. The number of aliphatic imine (C=N–C) groups is 1. The molecule has 3 atom stereocenters. The van der Waals surface area contributed by atoms with Crippen molar-refractivity contribution in [3.8, 4) is 0 Å². The second-order valence-corrected chi connectivity index (χ2v) is 9.82. The van der Waals surface area contributed by atoms with Crippen molar-refractivity contribution >= 4 is 52.3 Å². The zero-order chi connectivity index (χ0) is 17.0. The molecule has 0 aromatic carbocycles. The molecule has 0 saturated carbocycles. The number of likely N-dealkylation sites (tertiary alicyclic amines) is 1. The Hall–Kier alpha value is 0.796. The van der Waals surface area contributed by atoms with Crippen molar-refractivity contribution in [1.82, 2.24) is 9.80 Å². The summed E-state index contributed by atoms with van der Waals surface area (Å²) >= 11 is 4.61. The summed E-state index contributed by atoms with van der Waals surface area (Å²) < 4.78 is 0.627. The van der Waals surface area contributed by atoms with E-state index in [4.69, 9.17) is 0 Å². The van der Waals surface area contributed by atoms with Gasteiger partial charge < -0.3 is 19.9 Å². The third-order valence-corrected chi connectivity index (χ3v) is 8.22. The molecule has 0 aliphatic carbocycles. The van der Waals surface area contributed by atoms with Crippen LogP contribution in [0.15, 0.2) is 14.9 Å². The van der Waals surface area contributed by atoms with Crippen LogP contribution >= 0.6 is 35.3 Å². The molecule has 25 heavy (non-hydrogen) atoms. The summed E-state index contributed by atoms with van der Waals surface area (Å²) in [5.74, 6) is -1.16. The van der Waals surface area contributed by atoms with Gasteiger partial charge in [-0.25, -0.2) is 0 Å². The van der Waals surface area contributed by atoms with E-state index < -0.39 is 18.0 Å². The van der Waals surface area contributed by atoms with Gasteiger partial charge in [0.15, 0.2) is 5.17 Å². The molecule has 1 amide bonds. The molecule has 0 aromatic heterocycles. The van der Waals surface area contributed by atoms with Crippen LogP contribution in [0.2, 0.25) is 0 Å². The number of amidine groups is 1. The number of aliphatic hydroxyl groups excluding tert-OH is 1. The van der Waals surface area contributed by atoms with Gasteiger partial charge in [0.2, 0.25) is 5.91 Å². The second-order valence-electron chi connectivity index (χ2n) is 6.06. The zero-order valence-electron chi connectivity index (χ0n) is 13.9. The van der Waals surface area contributed by atoms with E-state index in [0.717, 1.165) is 30.6 Å². The average molecular weight is 426 g/mol. The van der Waals surface area contributed by atoms with Gasteiger partial charge in [-0.3, -0.25) is 14.7 Å². The molecular weight excluding hydrogens is 409 g/mol. The molecule has 2 fully saturated rings. The summed E-state index contributed by atoms with van der Waals surface area (Å²) in [5, 5.41) is 22.3. The van der Waals surface area contributed by atoms with Crippen molar-refractivity contribution in [3.63, 3.8) is 0 Å². The molecule has 0 radical (unpaired) electrons. The number of carbonyl (C=O) groups is 2. The number of rotatable bonds is 4. The Kier molecular flexibility index (Phi) is 6.60. The van der Waals surface area contributed by atoms with Gasteiger partial charge in [-0.05, 0) is 6.92 Å². The van der Waals surface area contributed by atoms with E-state index in [1.807, 2.05) is 0 Å². The summed E-state index contributed by atoms with van der Waals surface area (Å²) in [6, 6.07) is 0. The van der Waals surface area contributed by atoms with Crippen LogP contribution in [0.4, 0.5) is 0 Å². The minimum Gasteiger partial charge on any atom is -0.543 e. The largest absolute Gasteiger partial charge is 1.00 e. The molecule has 4 aliphatic heterocycles. The normalized spacial score (nSPS) is 29.7. The van der Waals surface area contributed by atoms with Crippen LogP contribution in [0.1, 0.15) is 6.92 Å². The maximum atomic E-state index is 12.1. The minimum atomic E-state index is -1.32. The van der Waals surface area contributed by atoms with Crippen LogP contribution in [0.5, 0.6) is 0 Å². The Balaban J connectivity index is 0.00000182. The number of carbonyl (C=O) groups excluding carboxylic acids is 2. The molecule has 7 nitrogen and oxygen atoms in total. The predicted octanol–water partition coefficient (Wildman–Crippen LogP) is -3.66. The molecule has 0 spiro atoms. The number of β-lactam (4-membered cyclic amide) rings is 1. The monoisotopic (exact) mass is 425 g/mol. The van der Waals surface area contributed by atoms with Gasteiger partial charge in [-0.15, -0.1) is 11.8 Å². The molecule has 2 saturated heterocycles. The Bertz CT molecular complexity index is 666. The quantitative estimate of drug-likeness (QED) is 0.364. The number of carboxylic acids is 1. The number of fused-ring (bicyclic) bond motifs is 1. The van der Waals surface area contributed by atoms with Gasteiger partial charge >= 0.3 is 51.4 Å². The predicted molar refractivity (Wildman–Crippen MR) is 93.1 cm³/mol. The summed E-state index contributed by atoms with van der Waals surface area (Å²) in [5.41, 5.74) is -0.0251. The molecule has 1 N–H and O–H groups in total. The maximum Gasteiger partial charge on any atom is 1.00 e. The van der Waals surface area contributed by atoms with Gasteiger partial charge in [-0.2, -0.15) is 0 Å². The topological polar surface area (TPSA) is 96.3 Å². The first-order chi connectivity index (χ1) is 11.5. The van der Waals surface area contributed by atoms with E-state index in [9.17, 15) is 19.8 Å². The van der Waals surface area contributed by atoms with E-state index >= 15 is 0 Å². The fourth-order valence-corrected chi connectivity index (χ4v) is 7.39. The van der Waals surface area contributed by atoms with Gasteiger partial charge in [0.25, 0.3) is 0 Å². The number of hydrogen-bond donors (Lipinski definition) is 1. The van der Waals surface area contributed by atoms with Crippen molar-refractivity contribution in [1.29, 1.82) is 0 Å². The van der Waals surface area contributed by atoms with Crippen LogP contribution in [-0.2, 0) is 9.59 Å². The van der Waals surface area contributed by atoms with Crippen LogP contribution < -0.4 is 56.5 Å². The minimum absolute atomic E-state index is 0. The number of carboxylic acid groups (broad SMARTS) is 1. The Morgan fingerprint density at radius 1 is 1.48 bits per heavy atom. The number of thioether (sulfide) groups is 3. The molecule has 4 rings (SSSR count). The number of aliphatic carboxylic acids is 1. The van der Waals surface area contributed by atoms with Crippen LogP contribution in [-0.4, -0.2) is 74.1 Å². The second kappa shape index (κ2) is 8.04. The molecule has 0 aromatic rings. The Morgan fingerprint density at radius 3 is 2.76 bits per heavy atom. The molecule has 4 heterocycles. The van der Waals surface area contributed by atoms with E-state index in [1.165, 1.54) is 28.4 Å². The van der Waals surface area contributed by atoms with Crippen LogP contribution in [0, 0.1) is 5.92 Å². The number of hydrogen-bond acceptors (Lipinski definition) is 9. The Labute approximate surface area is 200 Å². The molecule has 0 unspecified atom stereocenters. The van der Waals surface area contributed by atoms with Crippen molar-refractivity contribution in [2.45, 2.75) is 23.7 Å². The van der Waals surface area contributed by atoms with Gasteiger partial charge in [0, 0.05) is 24.1 Å². The molecule has 130 valence electrons. The average Bonchev–Trinajstić information content (AvgIpc) is 3.07. The first kappa shape index (κ1) is 20.5. The van der Waals surface area contributed by atoms with Gasteiger partial charge in [0.05, 0.1) is 34.5 Å². The number of amides is 1. The molecule has 4 aliphatic rings. The summed E-state index contributed by atoms with van der Waals surface area (Å²) in [7, 11) is 0. The number of nitrogens with zero attached hydrogens (tertiary/aromatic N) is 3. The van der Waals surface area contributed by atoms with Crippen molar-refractivity contribution in [2.75, 3.05) is 25.4 Å². The first-order valence-electron chi connectivity index (χ1n) is 7.69. The number of aliphatic hydroxyl groups is 1. The van der Waals surface area contributed by atoms with Gasteiger partial charge in [-0.1, -0.05) is 23.5 Å². The van der Waals surface area contributed by atoms with Crippen LogP contribution in [0.3, 0.4) is 0 Å². The van der Waals surface area contributed by atoms with E-state index in [0.29, 0.717) is 4.24 Å². The summed E-state index contributed by atoms with van der Waals surface area (Å²) in [6.45, 7) is 4.09.